The van der Waals surface area contributed by atoms with Crippen molar-refractivity contribution in [1.29, 1.82) is 0 Å². The van der Waals surface area contributed by atoms with Crippen molar-refractivity contribution in [1.82, 2.24) is 14.8 Å². The molecule has 2 aromatic carbocycles. The van der Waals surface area contributed by atoms with E-state index in [0.717, 1.165) is 17.7 Å². The van der Waals surface area contributed by atoms with Gasteiger partial charge >= 0.3 is 0 Å². The Labute approximate surface area is 158 Å². The number of ether oxygens (including phenoxy) is 1. The van der Waals surface area contributed by atoms with Gasteiger partial charge in [0.15, 0.2) is 0 Å². The van der Waals surface area contributed by atoms with E-state index >= 15 is 0 Å². The summed E-state index contributed by atoms with van der Waals surface area (Å²) in [6, 6.07) is 18.6. The Balaban J connectivity index is 0.00000196. The standard InChI is InChI=1S/C19H21N5O.ClH/c1-2-25-17-11-7-6-10-14(17)16-12-15(13-8-4-3-5-9-13)21-19-22-18(20)23-24(16)19;/h3-11,15-16H,2,12H2,1H3,(H3,20,21,22,23);1H/p-1. The number of benzene rings is 2. The second-order valence-corrected chi connectivity index (χ2v) is 6.07. The number of hydrogen-bond acceptors (Lipinski definition) is 5. The second-order valence-electron chi connectivity index (χ2n) is 6.07. The molecule has 0 spiro atoms. The van der Waals surface area contributed by atoms with Crippen molar-refractivity contribution in [2.45, 2.75) is 25.4 Å². The molecule has 1 aliphatic rings. The number of anilines is 2. The first-order valence-corrected chi connectivity index (χ1v) is 8.51. The first kappa shape index (κ1) is 18.1. The van der Waals surface area contributed by atoms with Crippen molar-refractivity contribution in [2.75, 3.05) is 17.7 Å². The lowest BCUT2D eigenvalue weighted by Crippen LogP contribution is -3.00. The summed E-state index contributed by atoms with van der Waals surface area (Å²) >= 11 is 0. The zero-order valence-electron chi connectivity index (χ0n) is 14.5. The van der Waals surface area contributed by atoms with Gasteiger partial charge in [0.05, 0.1) is 18.7 Å². The van der Waals surface area contributed by atoms with Gasteiger partial charge in [0.1, 0.15) is 5.75 Å². The highest BCUT2D eigenvalue weighted by Crippen LogP contribution is 2.40. The van der Waals surface area contributed by atoms with Gasteiger partial charge in [0.25, 0.3) is 0 Å². The van der Waals surface area contributed by atoms with Crippen LogP contribution in [-0.2, 0) is 0 Å². The maximum absolute atomic E-state index is 5.87. The number of para-hydroxylation sites is 1. The average Bonchev–Trinajstić information content (AvgIpc) is 3.02. The van der Waals surface area contributed by atoms with Gasteiger partial charge in [0, 0.05) is 5.56 Å². The highest BCUT2D eigenvalue weighted by Gasteiger charge is 2.32. The quantitative estimate of drug-likeness (QED) is 0.695. The Hall–Kier alpha value is -2.73. The largest absolute Gasteiger partial charge is 1.00 e. The van der Waals surface area contributed by atoms with E-state index in [9.17, 15) is 0 Å². The molecule has 0 saturated carbocycles. The van der Waals surface area contributed by atoms with Crippen LogP contribution in [-0.4, -0.2) is 21.4 Å². The third-order valence-electron chi connectivity index (χ3n) is 4.48. The lowest BCUT2D eigenvalue weighted by atomic mass is 9.93. The molecule has 2 heterocycles. The summed E-state index contributed by atoms with van der Waals surface area (Å²) in [5.74, 6) is 1.84. The number of nitrogens with zero attached hydrogens (tertiary/aromatic N) is 3. The van der Waals surface area contributed by atoms with Gasteiger partial charge < -0.3 is 28.2 Å². The Kier molecular flexibility index (Phi) is 5.32. The molecule has 0 amide bonds. The molecule has 2 unspecified atom stereocenters. The molecule has 1 aliphatic heterocycles. The number of nitrogens with two attached hydrogens (primary N) is 1. The zero-order valence-corrected chi connectivity index (χ0v) is 15.2. The van der Waals surface area contributed by atoms with Crippen LogP contribution < -0.4 is 28.2 Å². The van der Waals surface area contributed by atoms with Gasteiger partial charge in [-0.2, -0.15) is 4.98 Å². The van der Waals surface area contributed by atoms with Crippen LogP contribution in [0.3, 0.4) is 0 Å². The van der Waals surface area contributed by atoms with Crippen LogP contribution in [0.1, 0.15) is 36.6 Å². The minimum absolute atomic E-state index is 0. The molecular formula is C19H21ClN5O-. The smallest absolute Gasteiger partial charge is 0.241 e. The van der Waals surface area contributed by atoms with E-state index in [4.69, 9.17) is 10.5 Å². The van der Waals surface area contributed by atoms with Gasteiger partial charge in [-0.05, 0) is 25.0 Å². The fourth-order valence-corrected chi connectivity index (χ4v) is 3.40. The molecule has 0 radical (unpaired) electrons. The van der Waals surface area contributed by atoms with Crippen molar-refractivity contribution >= 4 is 11.9 Å². The van der Waals surface area contributed by atoms with Crippen LogP contribution in [0.15, 0.2) is 54.6 Å². The zero-order chi connectivity index (χ0) is 17.2. The van der Waals surface area contributed by atoms with Gasteiger partial charge in [-0.15, -0.1) is 5.10 Å². The summed E-state index contributed by atoms with van der Waals surface area (Å²) in [5.41, 5.74) is 8.18. The fourth-order valence-electron chi connectivity index (χ4n) is 3.40. The highest BCUT2D eigenvalue weighted by atomic mass is 35.5. The predicted octanol–water partition coefficient (Wildman–Crippen LogP) is 0.409. The van der Waals surface area contributed by atoms with Crippen molar-refractivity contribution in [2.24, 2.45) is 0 Å². The molecule has 3 N–H and O–H groups in total. The molecule has 26 heavy (non-hydrogen) atoms. The van der Waals surface area contributed by atoms with Gasteiger partial charge in [-0.1, -0.05) is 48.5 Å². The van der Waals surface area contributed by atoms with Crippen LogP contribution in [0.4, 0.5) is 11.9 Å². The van der Waals surface area contributed by atoms with Gasteiger partial charge in [0.2, 0.25) is 11.9 Å². The fraction of sp³-hybridized carbons (Fsp3) is 0.263. The molecule has 3 aromatic rings. The van der Waals surface area contributed by atoms with Crippen LogP contribution >= 0.6 is 0 Å². The van der Waals surface area contributed by atoms with Crippen LogP contribution in [0.5, 0.6) is 5.75 Å². The SMILES string of the molecule is CCOc1ccccc1C1CC(c2ccccc2)Nc2nc(N)nn21.[Cl-]. The summed E-state index contributed by atoms with van der Waals surface area (Å²) in [5, 5.41) is 7.86. The number of rotatable bonds is 4. The highest BCUT2D eigenvalue weighted by molar-refractivity contribution is 5.44. The van der Waals surface area contributed by atoms with Crippen LogP contribution in [0.2, 0.25) is 0 Å². The number of fused-ring (bicyclic) bond motifs is 1. The normalized spacial score (nSPS) is 18.3. The Bertz CT molecular complexity index is 867. The summed E-state index contributed by atoms with van der Waals surface area (Å²) in [4.78, 5) is 4.36. The molecule has 1 aromatic heterocycles. The number of hydrogen-bond donors (Lipinski definition) is 2. The van der Waals surface area contributed by atoms with Gasteiger partial charge in [-0.3, -0.25) is 0 Å². The number of halogens is 1. The van der Waals surface area contributed by atoms with E-state index in [1.807, 2.05) is 48.0 Å². The second kappa shape index (κ2) is 7.66. The van der Waals surface area contributed by atoms with E-state index in [2.05, 4.69) is 33.6 Å². The molecule has 136 valence electrons. The number of nitrogens with one attached hydrogen (secondary N) is 1. The Morgan fingerprint density at radius 2 is 1.88 bits per heavy atom. The first-order valence-electron chi connectivity index (χ1n) is 8.51. The number of aromatic nitrogens is 3. The van der Waals surface area contributed by atoms with Crippen LogP contribution in [0.25, 0.3) is 0 Å². The van der Waals surface area contributed by atoms with Gasteiger partial charge in [-0.25, -0.2) is 4.68 Å². The summed E-state index contributed by atoms with van der Waals surface area (Å²) in [7, 11) is 0. The lowest BCUT2D eigenvalue weighted by molar-refractivity contribution is -0.00000581. The van der Waals surface area contributed by atoms with E-state index in [1.165, 1.54) is 5.56 Å². The van der Waals surface area contributed by atoms with E-state index in [1.54, 1.807) is 0 Å². The average molecular weight is 371 g/mol. The molecular weight excluding hydrogens is 350 g/mol. The molecule has 0 bridgehead atoms. The minimum Gasteiger partial charge on any atom is -1.00 e. The first-order chi connectivity index (χ1) is 12.3. The molecule has 4 rings (SSSR count). The lowest BCUT2D eigenvalue weighted by Gasteiger charge is -2.32. The van der Waals surface area contributed by atoms with Crippen molar-refractivity contribution < 1.29 is 17.1 Å². The predicted molar refractivity (Wildman–Crippen MR) is 97.6 cm³/mol. The molecule has 0 saturated heterocycles. The molecule has 0 fully saturated rings. The van der Waals surface area contributed by atoms with E-state index in [-0.39, 0.29) is 30.4 Å². The summed E-state index contributed by atoms with van der Waals surface area (Å²) in [6.45, 7) is 2.61. The molecule has 0 aliphatic carbocycles. The summed E-state index contributed by atoms with van der Waals surface area (Å²) in [6.07, 6.45) is 0.837. The maximum atomic E-state index is 5.87. The monoisotopic (exact) mass is 370 g/mol. The molecule has 7 heteroatoms. The minimum atomic E-state index is 0. The van der Waals surface area contributed by atoms with Crippen molar-refractivity contribution in [3.8, 4) is 5.75 Å². The van der Waals surface area contributed by atoms with Crippen molar-refractivity contribution in [3.63, 3.8) is 0 Å². The Morgan fingerprint density at radius 1 is 1.15 bits per heavy atom. The summed E-state index contributed by atoms with van der Waals surface area (Å²) < 4.78 is 7.71. The van der Waals surface area contributed by atoms with Crippen LogP contribution in [0, 0.1) is 0 Å². The number of nitrogen functional groups attached to an aromatic ring is 1. The topological polar surface area (TPSA) is 78.0 Å². The third-order valence-corrected chi connectivity index (χ3v) is 4.48. The molecule has 2 atom stereocenters. The Morgan fingerprint density at radius 3 is 2.65 bits per heavy atom. The maximum Gasteiger partial charge on any atom is 0.241 e. The third kappa shape index (κ3) is 3.32. The van der Waals surface area contributed by atoms with E-state index in [0.29, 0.717) is 12.6 Å². The van der Waals surface area contributed by atoms with E-state index < -0.39 is 0 Å². The molecule has 6 nitrogen and oxygen atoms in total. The van der Waals surface area contributed by atoms with Crippen molar-refractivity contribution in [3.05, 3.63) is 65.7 Å².